The Morgan fingerprint density at radius 3 is 2.50 bits per heavy atom. The molecule has 1 aliphatic carbocycles. The van der Waals surface area contributed by atoms with Crippen LogP contribution in [0.5, 0.6) is 0 Å². The van der Waals surface area contributed by atoms with Gasteiger partial charge in [0.15, 0.2) is 0 Å². The number of carbonyl (C=O) groups excluding carboxylic acids is 1. The van der Waals surface area contributed by atoms with E-state index in [1.165, 1.54) is 18.4 Å². The topological polar surface area (TPSA) is 61.4 Å². The van der Waals surface area contributed by atoms with Gasteiger partial charge in [0.25, 0.3) is 0 Å². The maximum atomic E-state index is 12.4. The third-order valence-electron chi connectivity index (χ3n) is 6.11. The highest BCUT2D eigenvalue weighted by molar-refractivity contribution is 5.79. The van der Waals surface area contributed by atoms with Crippen LogP contribution >= 0.6 is 0 Å². The van der Waals surface area contributed by atoms with Gasteiger partial charge in [0.2, 0.25) is 11.9 Å². The number of hydrogen-bond donors (Lipinski definition) is 1. The van der Waals surface area contributed by atoms with Crippen LogP contribution in [0.25, 0.3) is 0 Å². The van der Waals surface area contributed by atoms with Gasteiger partial charge in [0.1, 0.15) is 0 Å². The molecule has 1 N–H and O–H groups in total. The van der Waals surface area contributed by atoms with E-state index in [-0.39, 0.29) is 5.92 Å². The highest BCUT2D eigenvalue weighted by atomic mass is 16.2. The molecule has 3 fully saturated rings. The minimum Gasteiger partial charge on any atom is -0.353 e. The van der Waals surface area contributed by atoms with Gasteiger partial charge in [-0.3, -0.25) is 9.69 Å². The Balaban J connectivity index is 1.28. The third-order valence-corrected chi connectivity index (χ3v) is 6.11. The summed E-state index contributed by atoms with van der Waals surface area (Å²) < 4.78 is 0. The number of aromatic nitrogens is 2. The summed E-state index contributed by atoms with van der Waals surface area (Å²) in [4.78, 5) is 26.3. The highest BCUT2D eigenvalue weighted by Crippen LogP contribution is 2.26. The largest absolute Gasteiger partial charge is 0.353 e. The van der Waals surface area contributed by atoms with Gasteiger partial charge in [-0.05, 0) is 57.1 Å². The summed E-state index contributed by atoms with van der Waals surface area (Å²) in [6.07, 6.45) is 11.7. The lowest BCUT2D eigenvalue weighted by Gasteiger charge is -2.42. The molecule has 0 aromatic carbocycles. The minimum atomic E-state index is 0.187. The zero-order valence-corrected chi connectivity index (χ0v) is 15.9. The number of anilines is 1. The van der Waals surface area contributed by atoms with E-state index >= 15 is 0 Å². The van der Waals surface area contributed by atoms with Crippen molar-refractivity contribution in [2.45, 2.75) is 64.0 Å². The maximum Gasteiger partial charge on any atom is 0.225 e. The molecule has 1 amide bonds. The zero-order valence-electron chi connectivity index (χ0n) is 15.9. The van der Waals surface area contributed by atoms with Crippen LogP contribution in [0.1, 0.15) is 51.0 Å². The lowest BCUT2D eigenvalue weighted by molar-refractivity contribution is -0.127. The number of nitrogens with zero attached hydrogens (tertiary/aromatic N) is 4. The smallest absolute Gasteiger partial charge is 0.225 e. The average molecular weight is 358 g/mol. The molecule has 2 saturated heterocycles. The van der Waals surface area contributed by atoms with Gasteiger partial charge in [-0.25, -0.2) is 9.97 Å². The Morgan fingerprint density at radius 2 is 1.85 bits per heavy atom. The summed E-state index contributed by atoms with van der Waals surface area (Å²) in [5, 5.41) is 3.19. The Hall–Kier alpha value is -1.69. The molecule has 142 valence electrons. The van der Waals surface area contributed by atoms with Crippen LogP contribution in [0.4, 0.5) is 5.95 Å². The predicted molar refractivity (Wildman–Crippen MR) is 102 cm³/mol. The molecule has 0 spiro atoms. The van der Waals surface area contributed by atoms with Gasteiger partial charge >= 0.3 is 0 Å². The third kappa shape index (κ3) is 4.17. The standard InChI is InChI=1S/C20H31N5O/c1-2-15-12-21-20(22-13-15)24-10-7-18(8-11-24)25-9-3-4-16(14-25)19(26)23-17-5-6-17/h12-13,16-18H,2-11,14H2,1H3,(H,23,26)/t16-/m1/s1. The fourth-order valence-corrected chi connectivity index (χ4v) is 4.22. The second kappa shape index (κ2) is 7.91. The summed E-state index contributed by atoms with van der Waals surface area (Å²) in [7, 11) is 0. The average Bonchev–Trinajstić information content (AvgIpc) is 3.52. The van der Waals surface area contributed by atoms with Crippen molar-refractivity contribution in [3.8, 4) is 0 Å². The summed E-state index contributed by atoms with van der Waals surface area (Å²) in [6, 6.07) is 1.07. The second-order valence-electron chi connectivity index (χ2n) is 8.08. The lowest BCUT2D eigenvalue weighted by Crippen LogP contribution is -2.51. The number of carbonyl (C=O) groups is 1. The van der Waals surface area contributed by atoms with E-state index in [9.17, 15) is 4.79 Å². The van der Waals surface area contributed by atoms with Crippen LogP contribution in [-0.4, -0.2) is 59.0 Å². The van der Waals surface area contributed by atoms with E-state index in [0.717, 1.165) is 64.2 Å². The van der Waals surface area contributed by atoms with Gasteiger partial charge in [-0.15, -0.1) is 0 Å². The van der Waals surface area contributed by atoms with Crippen LogP contribution < -0.4 is 10.2 Å². The predicted octanol–water partition coefficient (Wildman–Crippen LogP) is 2.00. The van der Waals surface area contributed by atoms with E-state index in [2.05, 4.69) is 32.0 Å². The summed E-state index contributed by atoms with van der Waals surface area (Å²) in [5.41, 5.74) is 1.19. The molecule has 0 radical (unpaired) electrons. The molecule has 0 unspecified atom stereocenters. The summed E-state index contributed by atoms with van der Waals surface area (Å²) in [5.74, 6) is 1.34. The SMILES string of the molecule is CCc1cnc(N2CCC(N3CCC[C@@H](C(=O)NC4CC4)C3)CC2)nc1. The molecule has 1 atom stereocenters. The number of amides is 1. The monoisotopic (exact) mass is 357 g/mol. The summed E-state index contributed by atoms with van der Waals surface area (Å²) in [6.45, 7) is 6.21. The first-order chi connectivity index (χ1) is 12.7. The van der Waals surface area contributed by atoms with E-state index in [1.807, 2.05) is 12.4 Å². The van der Waals surface area contributed by atoms with E-state index in [4.69, 9.17) is 0 Å². The number of aryl methyl sites for hydroxylation is 1. The molecular weight excluding hydrogens is 326 g/mol. The Bertz CT molecular complexity index is 607. The van der Waals surface area contributed by atoms with Gasteiger partial charge in [0.05, 0.1) is 5.92 Å². The quantitative estimate of drug-likeness (QED) is 0.873. The second-order valence-corrected chi connectivity index (χ2v) is 8.08. The van der Waals surface area contributed by atoms with E-state index in [0.29, 0.717) is 18.0 Å². The van der Waals surface area contributed by atoms with Crippen molar-refractivity contribution in [3.05, 3.63) is 18.0 Å². The molecule has 1 aromatic heterocycles. The van der Waals surface area contributed by atoms with Gasteiger partial charge < -0.3 is 10.2 Å². The van der Waals surface area contributed by atoms with Crippen LogP contribution in [0.15, 0.2) is 12.4 Å². The lowest BCUT2D eigenvalue weighted by atomic mass is 9.93. The molecule has 26 heavy (non-hydrogen) atoms. The fourth-order valence-electron chi connectivity index (χ4n) is 4.22. The van der Waals surface area contributed by atoms with Gasteiger partial charge in [-0.2, -0.15) is 0 Å². The van der Waals surface area contributed by atoms with Crippen LogP contribution in [-0.2, 0) is 11.2 Å². The minimum absolute atomic E-state index is 0.187. The Morgan fingerprint density at radius 1 is 1.12 bits per heavy atom. The van der Waals surface area contributed by atoms with Crippen molar-refractivity contribution >= 4 is 11.9 Å². The molecule has 3 aliphatic rings. The van der Waals surface area contributed by atoms with Crippen LogP contribution in [0.3, 0.4) is 0 Å². The number of hydrogen-bond acceptors (Lipinski definition) is 5. The normalized spacial score (nSPS) is 25.3. The molecule has 0 bridgehead atoms. The van der Waals surface area contributed by atoms with Crippen molar-refractivity contribution < 1.29 is 4.79 Å². The van der Waals surface area contributed by atoms with Crippen molar-refractivity contribution in [3.63, 3.8) is 0 Å². The fraction of sp³-hybridized carbons (Fsp3) is 0.750. The molecule has 1 aromatic rings. The molecule has 3 heterocycles. The summed E-state index contributed by atoms with van der Waals surface area (Å²) >= 11 is 0. The number of piperidine rings is 2. The van der Waals surface area contributed by atoms with Crippen LogP contribution in [0.2, 0.25) is 0 Å². The van der Waals surface area contributed by atoms with Crippen LogP contribution in [0, 0.1) is 5.92 Å². The molecule has 4 rings (SSSR count). The first kappa shape index (κ1) is 17.7. The number of rotatable bonds is 5. The highest BCUT2D eigenvalue weighted by Gasteiger charge is 2.34. The zero-order chi connectivity index (χ0) is 17.9. The molecular formula is C20H31N5O. The van der Waals surface area contributed by atoms with Crippen molar-refractivity contribution in [1.82, 2.24) is 20.2 Å². The van der Waals surface area contributed by atoms with Gasteiger partial charge in [-0.1, -0.05) is 6.92 Å². The van der Waals surface area contributed by atoms with Crippen molar-refractivity contribution in [2.75, 3.05) is 31.1 Å². The van der Waals surface area contributed by atoms with Crippen molar-refractivity contribution in [1.29, 1.82) is 0 Å². The first-order valence-electron chi connectivity index (χ1n) is 10.3. The number of likely N-dealkylation sites (tertiary alicyclic amines) is 1. The number of nitrogens with one attached hydrogen (secondary N) is 1. The Kier molecular flexibility index (Phi) is 5.38. The molecule has 6 nitrogen and oxygen atoms in total. The van der Waals surface area contributed by atoms with Crippen molar-refractivity contribution in [2.24, 2.45) is 5.92 Å². The first-order valence-corrected chi connectivity index (χ1v) is 10.3. The molecule has 1 saturated carbocycles. The molecule has 2 aliphatic heterocycles. The van der Waals surface area contributed by atoms with E-state index in [1.54, 1.807) is 0 Å². The maximum absolute atomic E-state index is 12.4. The molecule has 6 heteroatoms. The Labute approximate surface area is 156 Å². The van der Waals surface area contributed by atoms with Gasteiger partial charge in [0, 0.05) is 44.1 Å². The van der Waals surface area contributed by atoms with E-state index < -0.39 is 0 Å².